The number of nitrogens with one attached hydrogen (secondary N) is 1. The Morgan fingerprint density at radius 1 is 1.53 bits per heavy atom. The minimum absolute atomic E-state index is 0.142. The molecular formula is C10H16N4O. The minimum atomic E-state index is -0.142. The van der Waals surface area contributed by atoms with Crippen LogP contribution in [0.4, 0.5) is 0 Å². The molecule has 1 aromatic rings. The highest BCUT2D eigenvalue weighted by Crippen LogP contribution is 2.01. The molecule has 0 saturated carbocycles. The first-order valence-corrected chi connectivity index (χ1v) is 4.79. The molecule has 0 radical (unpaired) electrons. The molecular weight excluding hydrogens is 192 g/mol. The molecule has 0 bridgehead atoms. The fraction of sp³-hybridized carbons (Fsp3) is 0.400. The average molecular weight is 208 g/mol. The zero-order chi connectivity index (χ0) is 11.1. The van der Waals surface area contributed by atoms with Gasteiger partial charge in [-0.1, -0.05) is 0 Å². The molecule has 1 aromatic heterocycles. The summed E-state index contributed by atoms with van der Waals surface area (Å²) in [6.07, 6.45) is 3.93. The summed E-state index contributed by atoms with van der Waals surface area (Å²) in [5.41, 5.74) is 3.29. The van der Waals surface area contributed by atoms with Crippen LogP contribution >= 0.6 is 0 Å². The van der Waals surface area contributed by atoms with E-state index in [0.717, 1.165) is 6.54 Å². The molecule has 0 aromatic carbocycles. The quantitative estimate of drug-likeness (QED) is 0.402. The normalized spacial score (nSPS) is 10.3. The van der Waals surface area contributed by atoms with Gasteiger partial charge in [0.25, 0.3) is 0 Å². The van der Waals surface area contributed by atoms with Crippen molar-refractivity contribution in [3.63, 3.8) is 0 Å². The molecule has 0 aliphatic heterocycles. The Bertz CT molecular complexity index is 302. The van der Waals surface area contributed by atoms with E-state index < -0.39 is 0 Å². The monoisotopic (exact) mass is 208 g/mol. The van der Waals surface area contributed by atoms with E-state index in [1.165, 1.54) is 5.56 Å². The van der Waals surface area contributed by atoms with Crippen LogP contribution in [-0.4, -0.2) is 29.4 Å². The van der Waals surface area contributed by atoms with Crippen molar-refractivity contribution in [2.75, 3.05) is 13.6 Å². The lowest BCUT2D eigenvalue weighted by Gasteiger charge is -2.15. The lowest BCUT2D eigenvalue weighted by Crippen LogP contribution is -2.33. The average Bonchev–Trinajstić information content (AvgIpc) is 2.27. The van der Waals surface area contributed by atoms with Crippen molar-refractivity contribution in [2.24, 2.45) is 5.84 Å². The molecule has 0 saturated heterocycles. The summed E-state index contributed by atoms with van der Waals surface area (Å²) in [6.45, 7) is 1.49. The van der Waals surface area contributed by atoms with Crippen molar-refractivity contribution >= 4 is 5.91 Å². The molecule has 1 heterocycles. The third-order valence-electron chi connectivity index (χ3n) is 2.08. The predicted octanol–water partition coefficient (Wildman–Crippen LogP) is -0.107. The van der Waals surface area contributed by atoms with Gasteiger partial charge in [-0.15, -0.1) is 0 Å². The number of carbonyl (C=O) groups is 1. The van der Waals surface area contributed by atoms with Crippen molar-refractivity contribution in [1.82, 2.24) is 15.3 Å². The van der Waals surface area contributed by atoms with E-state index in [-0.39, 0.29) is 5.91 Å². The SMILES string of the molecule is CN(CCC(=O)NN)Cc1ccncc1. The standard InChI is InChI=1S/C10H16N4O/c1-14(7-4-10(15)13-11)8-9-2-5-12-6-3-9/h2-3,5-6H,4,7-8,11H2,1H3,(H,13,15). The highest BCUT2D eigenvalue weighted by Gasteiger charge is 2.03. The molecule has 0 aliphatic rings. The van der Waals surface area contributed by atoms with Crippen LogP contribution in [-0.2, 0) is 11.3 Å². The maximum Gasteiger partial charge on any atom is 0.235 e. The summed E-state index contributed by atoms with van der Waals surface area (Å²) in [4.78, 5) is 16.9. The van der Waals surface area contributed by atoms with E-state index in [9.17, 15) is 4.79 Å². The highest BCUT2D eigenvalue weighted by molar-refractivity contribution is 5.75. The summed E-state index contributed by atoms with van der Waals surface area (Å²) < 4.78 is 0. The van der Waals surface area contributed by atoms with Crippen LogP contribution in [0.5, 0.6) is 0 Å². The van der Waals surface area contributed by atoms with E-state index in [2.05, 4.69) is 15.3 Å². The van der Waals surface area contributed by atoms with Crippen LogP contribution in [0.15, 0.2) is 24.5 Å². The molecule has 5 heteroatoms. The van der Waals surface area contributed by atoms with Crippen LogP contribution in [0.1, 0.15) is 12.0 Å². The number of carbonyl (C=O) groups excluding carboxylic acids is 1. The summed E-state index contributed by atoms with van der Waals surface area (Å²) in [5.74, 6) is 4.84. The maximum atomic E-state index is 10.9. The molecule has 3 N–H and O–H groups in total. The van der Waals surface area contributed by atoms with E-state index in [4.69, 9.17) is 5.84 Å². The first kappa shape index (κ1) is 11.6. The predicted molar refractivity (Wildman–Crippen MR) is 57.5 cm³/mol. The largest absolute Gasteiger partial charge is 0.302 e. The third kappa shape index (κ3) is 4.53. The molecule has 0 spiro atoms. The Balaban J connectivity index is 2.30. The number of aromatic nitrogens is 1. The van der Waals surface area contributed by atoms with Gasteiger partial charge in [0.2, 0.25) is 5.91 Å². The number of nitrogens with zero attached hydrogens (tertiary/aromatic N) is 2. The van der Waals surface area contributed by atoms with Gasteiger partial charge in [0.1, 0.15) is 0 Å². The number of nitrogens with two attached hydrogens (primary N) is 1. The summed E-state index contributed by atoms with van der Waals surface area (Å²) in [5, 5.41) is 0. The van der Waals surface area contributed by atoms with Crippen LogP contribution in [0, 0.1) is 0 Å². The Morgan fingerprint density at radius 3 is 2.80 bits per heavy atom. The number of amides is 1. The molecule has 0 fully saturated rings. The summed E-state index contributed by atoms with van der Waals surface area (Å²) in [6, 6.07) is 3.92. The zero-order valence-corrected chi connectivity index (χ0v) is 8.81. The van der Waals surface area contributed by atoms with Crippen LogP contribution in [0.2, 0.25) is 0 Å². The minimum Gasteiger partial charge on any atom is -0.302 e. The van der Waals surface area contributed by atoms with Gasteiger partial charge in [0, 0.05) is 31.9 Å². The Labute approximate surface area is 89.3 Å². The fourth-order valence-electron chi connectivity index (χ4n) is 1.24. The van der Waals surface area contributed by atoms with E-state index >= 15 is 0 Å². The van der Waals surface area contributed by atoms with Gasteiger partial charge in [-0.05, 0) is 24.7 Å². The third-order valence-corrected chi connectivity index (χ3v) is 2.08. The maximum absolute atomic E-state index is 10.9. The molecule has 1 rings (SSSR count). The second kappa shape index (κ2) is 6.10. The topological polar surface area (TPSA) is 71.2 Å². The van der Waals surface area contributed by atoms with Gasteiger partial charge >= 0.3 is 0 Å². The first-order chi connectivity index (χ1) is 7.22. The van der Waals surface area contributed by atoms with Gasteiger partial charge < -0.3 is 4.90 Å². The van der Waals surface area contributed by atoms with Crippen molar-refractivity contribution < 1.29 is 4.79 Å². The van der Waals surface area contributed by atoms with Crippen molar-refractivity contribution in [3.8, 4) is 0 Å². The Hall–Kier alpha value is -1.46. The van der Waals surface area contributed by atoms with Crippen molar-refractivity contribution in [2.45, 2.75) is 13.0 Å². The molecule has 15 heavy (non-hydrogen) atoms. The Kier molecular flexibility index (Phi) is 4.73. The highest BCUT2D eigenvalue weighted by atomic mass is 16.2. The van der Waals surface area contributed by atoms with Gasteiger partial charge in [-0.25, -0.2) is 5.84 Å². The molecule has 82 valence electrons. The number of pyridine rings is 1. The summed E-state index contributed by atoms with van der Waals surface area (Å²) in [7, 11) is 1.96. The number of hydrogen-bond donors (Lipinski definition) is 2. The van der Waals surface area contributed by atoms with E-state index in [1.807, 2.05) is 19.2 Å². The van der Waals surface area contributed by atoms with Gasteiger partial charge in [-0.3, -0.25) is 15.2 Å². The lowest BCUT2D eigenvalue weighted by molar-refractivity contribution is -0.121. The Morgan fingerprint density at radius 2 is 2.20 bits per heavy atom. The van der Waals surface area contributed by atoms with Gasteiger partial charge in [0.05, 0.1) is 0 Å². The van der Waals surface area contributed by atoms with Crippen LogP contribution < -0.4 is 11.3 Å². The molecule has 5 nitrogen and oxygen atoms in total. The summed E-state index contributed by atoms with van der Waals surface area (Å²) >= 11 is 0. The molecule has 0 aliphatic carbocycles. The molecule has 0 unspecified atom stereocenters. The van der Waals surface area contributed by atoms with E-state index in [1.54, 1.807) is 12.4 Å². The van der Waals surface area contributed by atoms with Crippen molar-refractivity contribution in [1.29, 1.82) is 0 Å². The lowest BCUT2D eigenvalue weighted by atomic mass is 10.2. The van der Waals surface area contributed by atoms with Crippen molar-refractivity contribution in [3.05, 3.63) is 30.1 Å². The zero-order valence-electron chi connectivity index (χ0n) is 8.81. The second-order valence-electron chi connectivity index (χ2n) is 3.41. The molecule has 0 atom stereocenters. The van der Waals surface area contributed by atoms with Crippen LogP contribution in [0.3, 0.4) is 0 Å². The second-order valence-corrected chi connectivity index (χ2v) is 3.41. The van der Waals surface area contributed by atoms with Crippen LogP contribution in [0.25, 0.3) is 0 Å². The van der Waals surface area contributed by atoms with E-state index in [0.29, 0.717) is 13.0 Å². The number of hydrazine groups is 1. The number of rotatable bonds is 5. The number of hydrogen-bond acceptors (Lipinski definition) is 4. The first-order valence-electron chi connectivity index (χ1n) is 4.79. The van der Waals surface area contributed by atoms with Gasteiger partial charge in [0.15, 0.2) is 0 Å². The fourth-order valence-corrected chi connectivity index (χ4v) is 1.24. The smallest absolute Gasteiger partial charge is 0.235 e. The molecule has 1 amide bonds. The van der Waals surface area contributed by atoms with Gasteiger partial charge in [-0.2, -0.15) is 0 Å².